The molecule has 1 aromatic rings. The van der Waals surface area contributed by atoms with Gasteiger partial charge in [-0.1, -0.05) is 18.2 Å². The van der Waals surface area contributed by atoms with E-state index in [1.54, 1.807) is 18.2 Å². The molecule has 0 saturated heterocycles. The summed E-state index contributed by atoms with van der Waals surface area (Å²) in [6, 6.07) is 9.04. The van der Waals surface area contributed by atoms with Gasteiger partial charge in [0.25, 0.3) is 0 Å². The normalized spacial score (nSPS) is 8.36. The van der Waals surface area contributed by atoms with Crippen LogP contribution >= 0.6 is 0 Å². The first-order valence-electron chi connectivity index (χ1n) is 2.90. The maximum absolute atomic E-state index is 10.8. The first-order valence-corrected chi connectivity index (χ1v) is 2.90. The van der Waals surface area contributed by atoms with Crippen LogP contribution < -0.4 is 0 Å². The monoisotopic (exact) mass is 146 g/mol. The van der Waals surface area contributed by atoms with Gasteiger partial charge >= 0.3 is 0 Å². The lowest BCUT2D eigenvalue weighted by Crippen LogP contribution is -1.90. The number of hydrogen-bond acceptors (Lipinski definition) is 1. The molecule has 0 aliphatic rings. The number of carbonyl (C=O) groups is 1. The highest BCUT2D eigenvalue weighted by atomic mass is 16.1. The van der Waals surface area contributed by atoms with E-state index in [2.05, 4.69) is 16.1 Å². The van der Waals surface area contributed by atoms with E-state index < -0.39 is 5.91 Å². The molecule has 1 radical (unpaired) electrons. The van der Waals surface area contributed by atoms with E-state index >= 15 is 0 Å². The van der Waals surface area contributed by atoms with Crippen LogP contribution in [0.5, 0.6) is 0 Å². The predicted octanol–water partition coefficient (Wildman–Crippen LogP) is 1.94. The quantitative estimate of drug-likeness (QED) is 0.339. The van der Waals surface area contributed by atoms with Crippen LogP contribution in [0, 0.1) is 6.07 Å². The van der Waals surface area contributed by atoms with Crippen molar-refractivity contribution >= 4 is 5.91 Å². The molecule has 1 rings (SSSR count). The molecule has 1 amide bonds. The van der Waals surface area contributed by atoms with Crippen molar-refractivity contribution in [3.8, 4) is 0 Å². The lowest BCUT2D eigenvalue weighted by molar-refractivity contribution is 0.100. The van der Waals surface area contributed by atoms with Crippen LogP contribution in [0.3, 0.4) is 0 Å². The van der Waals surface area contributed by atoms with E-state index in [1.807, 2.05) is 0 Å². The summed E-state index contributed by atoms with van der Waals surface area (Å²) in [7, 11) is 0. The average Bonchev–Trinajstić information content (AvgIpc) is 2.07. The maximum Gasteiger partial charge on any atom is 0.249 e. The number of carbonyl (C=O) groups excluding carboxylic acids is 1. The third-order valence-corrected chi connectivity index (χ3v) is 1.09. The molecule has 0 fully saturated rings. The third kappa shape index (κ3) is 1.81. The van der Waals surface area contributed by atoms with Gasteiger partial charge in [0, 0.05) is 10.5 Å². The molecule has 0 heterocycles. The van der Waals surface area contributed by atoms with Gasteiger partial charge in [-0.05, 0) is 22.8 Å². The Morgan fingerprint density at radius 3 is 3.09 bits per heavy atom. The van der Waals surface area contributed by atoms with Gasteiger partial charge in [0.1, 0.15) is 0 Å². The van der Waals surface area contributed by atoms with Gasteiger partial charge in [-0.2, -0.15) is 0 Å². The van der Waals surface area contributed by atoms with Gasteiger partial charge in [0.05, 0.1) is 0 Å². The minimum Gasteiger partial charge on any atom is -0.287 e. The van der Waals surface area contributed by atoms with Crippen molar-refractivity contribution in [1.82, 2.24) is 0 Å². The molecule has 0 unspecified atom stereocenters. The SMILES string of the molecule is [N-]=[N+]=NC(=O)c1c[c]ccc1. The van der Waals surface area contributed by atoms with E-state index in [0.717, 1.165) is 0 Å². The van der Waals surface area contributed by atoms with Gasteiger partial charge in [-0.15, -0.1) is 0 Å². The van der Waals surface area contributed by atoms with Crippen molar-refractivity contribution in [1.29, 1.82) is 0 Å². The van der Waals surface area contributed by atoms with E-state index in [4.69, 9.17) is 5.53 Å². The summed E-state index contributed by atoms with van der Waals surface area (Å²) in [4.78, 5) is 13.2. The van der Waals surface area contributed by atoms with Gasteiger partial charge in [-0.3, -0.25) is 4.79 Å². The van der Waals surface area contributed by atoms with E-state index in [9.17, 15) is 4.79 Å². The molecule has 4 heteroatoms. The van der Waals surface area contributed by atoms with Crippen LogP contribution in [0.4, 0.5) is 0 Å². The molecule has 0 spiro atoms. The van der Waals surface area contributed by atoms with Gasteiger partial charge in [0.15, 0.2) is 0 Å². The van der Waals surface area contributed by atoms with Crippen molar-refractivity contribution in [3.63, 3.8) is 0 Å². The zero-order valence-electron chi connectivity index (χ0n) is 5.56. The fourth-order valence-corrected chi connectivity index (χ4v) is 0.625. The van der Waals surface area contributed by atoms with E-state index in [0.29, 0.717) is 5.56 Å². The molecule has 11 heavy (non-hydrogen) atoms. The topological polar surface area (TPSA) is 65.8 Å². The number of rotatable bonds is 1. The highest BCUT2D eigenvalue weighted by molar-refractivity contribution is 5.94. The molecule has 0 atom stereocenters. The summed E-state index contributed by atoms with van der Waals surface area (Å²) >= 11 is 0. The molecule has 0 N–H and O–H groups in total. The Kier molecular flexibility index (Phi) is 2.25. The van der Waals surface area contributed by atoms with E-state index in [-0.39, 0.29) is 0 Å². The summed E-state index contributed by atoms with van der Waals surface area (Å²) in [5, 5.41) is 2.92. The minimum absolute atomic E-state index is 0.352. The number of nitrogens with zero attached hydrogens (tertiary/aromatic N) is 3. The third-order valence-electron chi connectivity index (χ3n) is 1.09. The Bertz CT molecular complexity index is 301. The Morgan fingerprint density at radius 1 is 1.73 bits per heavy atom. The molecule has 0 aromatic heterocycles. The zero-order valence-corrected chi connectivity index (χ0v) is 5.56. The second-order valence-electron chi connectivity index (χ2n) is 1.79. The lowest BCUT2D eigenvalue weighted by atomic mass is 10.2. The van der Waals surface area contributed by atoms with Gasteiger partial charge < -0.3 is 0 Å². The van der Waals surface area contributed by atoms with Crippen molar-refractivity contribution < 1.29 is 4.79 Å². The van der Waals surface area contributed by atoms with Crippen LogP contribution in [0.1, 0.15) is 10.4 Å². The predicted molar refractivity (Wildman–Crippen MR) is 38.8 cm³/mol. The van der Waals surface area contributed by atoms with Gasteiger partial charge in [-0.25, -0.2) is 0 Å². The average molecular weight is 146 g/mol. The minimum atomic E-state index is -0.579. The second-order valence-corrected chi connectivity index (χ2v) is 1.79. The Morgan fingerprint density at radius 2 is 2.55 bits per heavy atom. The summed E-state index contributed by atoms with van der Waals surface area (Å²) < 4.78 is 0. The summed E-state index contributed by atoms with van der Waals surface area (Å²) in [6.07, 6.45) is 0. The molecular formula is C7H4N3O. The molecule has 0 saturated carbocycles. The number of benzene rings is 1. The van der Waals surface area contributed by atoms with Crippen molar-refractivity contribution in [2.24, 2.45) is 5.11 Å². The maximum atomic E-state index is 10.8. The highest BCUT2D eigenvalue weighted by Gasteiger charge is 1.98. The molecule has 4 nitrogen and oxygen atoms in total. The first-order chi connectivity index (χ1) is 5.34. The molecule has 0 aliphatic carbocycles. The number of hydrogen-bond donors (Lipinski definition) is 0. The largest absolute Gasteiger partial charge is 0.287 e. The standard InChI is InChI=1S/C7H4N3O/c8-10-9-7(11)6-4-2-1-3-5-6/h1-2,4-5H. The van der Waals surface area contributed by atoms with Crippen LogP contribution in [0.25, 0.3) is 10.4 Å². The van der Waals surface area contributed by atoms with Crippen molar-refractivity contribution in [2.75, 3.05) is 0 Å². The van der Waals surface area contributed by atoms with Crippen LogP contribution in [-0.4, -0.2) is 5.91 Å². The smallest absolute Gasteiger partial charge is 0.249 e. The number of amides is 1. The summed E-state index contributed by atoms with van der Waals surface area (Å²) in [5.41, 5.74) is 8.28. The summed E-state index contributed by atoms with van der Waals surface area (Å²) in [5.74, 6) is -0.579. The summed E-state index contributed by atoms with van der Waals surface area (Å²) in [6.45, 7) is 0. The Hall–Kier alpha value is -1.80. The highest BCUT2D eigenvalue weighted by Crippen LogP contribution is 1.99. The Balaban J connectivity index is 2.94. The fourth-order valence-electron chi connectivity index (χ4n) is 0.625. The first kappa shape index (κ1) is 7.31. The molecular weight excluding hydrogens is 142 g/mol. The molecule has 53 valence electrons. The number of azide groups is 1. The van der Waals surface area contributed by atoms with E-state index in [1.165, 1.54) is 6.07 Å². The van der Waals surface area contributed by atoms with Crippen LogP contribution in [0.2, 0.25) is 0 Å². The fraction of sp³-hybridized carbons (Fsp3) is 0. The second kappa shape index (κ2) is 3.39. The zero-order chi connectivity index (χ0) is 8.10. The molecule has 0 bridgehead atoms. The lowest BCUT2D eigenvalue weighted by Gasteiger charge is -1.89. The molecule has 0 aliphatic heterocycles. The Labute approximate surface area is 63.1 Å². The molecule has 1 aromatic carbocycles. The van der Waals surface area contributed by atoms with Gasteiger partial charge in [0.2, 0.25) is 5.91 Å². The van der Waals surface area contributed by atoms with Crippen molar-refractivity contribution in [3.05, 3.63) is 46.3 Å². The van der Waals surface area contributed by atoms with Crippen LogP contribution in [0.15, 0.2) is 29.4 Å². The van der Waals surface area contributed by atoms with Crippen LogP contribution in [-0.2, 0) is 0 Å². The van der Waals surface area contributed by atoms with Crippen molar-refractivity contribution in [2.45, 2.75) is 0 Å².